The molecule has 2 heterocycles. The molecule has 0 saturated heterocycles. The van der Waals surface area contributed by atoms with Crippen LogP contribution >= 0.6 is 22.6 Å². The topological polar surface area (TPSA) is 56.0 Å². The molecule has 0 N–H and O–H groups in total. The fourth-order valence-corrected chi connectivity index (χ4v) is 1.46. The van der Waals surface area contributed by atoms with Crippen molar-refractivity contribution >= 4 is 28.2 Å². The Balaban J connectivity index is 2.88. The average Bonchev–Trinajstić information content (AvgIpc) is 2.29. The van der Waals surface area contributed by atoms with Gasteiger partial charge in [0.1, 0.15) is 5.82 Å². The number of fused-ring (bicyclic) bond motifs is 1. The third kappa shape index (κ3) is 1.15. The zero-order chi connectivity index (χ0) is 8.72. The molecule has 0 amide bonds. The molecule has 62 valence electrons. The number of nitrogens with zero attached hydrogens (tertiary/aromatic N) is 5. The van der Waals surface area contributed by atoms with E-state index in [4.69, 9.17) is 0 Å². The summed E-state index contributed by atoms with van der Waals surface area (Å²) in [5.41, 5.74) is 1.59. The van der Waals surface area contributed by atoms with Gasteiger partial charge >= 0.3 is 0 Å². The van der Waals surface area contributed by atoms with E-state index in [1.807, 2.05) is 13.8 Å². The Kier molecular flexibility index (Phi) is 1.71. The Morgan fingerprint density at radius 2 is 1.92 bits per heavy atom. The molecule has 0 aliphatic heterocycles. The van der Waals surface area contributed by atoms with Gasteiger partial charge in [0.25, 0.3) is 0 Å². The van der Waals surface area contributed by atoms with Gasteiger partial charge in [-0.1, -0.05) is 0 Å². The summed E-state index contributed by atoms with van der Waals surface area (Å²) in [6.45, 7) is 3.73. The van der Waals surface area contributed by atoms with Gasteiger partial charge in [0.05, 0.1) is 5.69 Å². The lowest BCUT2D eigenvalue weighted by atomic mass is 10.5. The van der Waals surface area contributed by atoms with E-state index in [9.17, 15) is 0 Å². The van der Waals surface area contributed by atoms with Gasteiger partial charge in [-0.05, 0) is 13.8 Å². The molecule has 0 unspecified atom stereocenters. The van der Waals surface area contributed by atoms with E-state index in [1.54, 1.807) is 0 Å². The van der Waals surface area contributed by atoms with Crippen LogP contribution in [0, 0.1) is 17.7 Å². The van der Waals surface area contributed by atoms with E-state index in [-0.39, 0.29) is 0 Å². The molecule has 2 aromatic rings. The van der Waals surface area contributed by atoms with Crippen LogP contribution in [0.25, 0.3) is 5.65 Å². The van der Waals surface area contributed by atoms with Crippen LogP contribution in [0.15, 0.2) is 0 Å². The Labute approximate surface area is 82.4 Å². The van der Waals surface area contributed by atoms with Gasteiger partial charge in [0.2, 0.25) is 3.83 Å². The minimum atomic E-state index is 0.690. The van der Waals surface area contributed by atoms with Crippen molar-refractivity contribution in [1.82, 2.24) is 24.8 Å². The van der Waals surface area contributed by atoms with Crippen molar-refractivity contribution in [3.8, 4) is 0 Å². The lowest BCUT2D eigenvalue weighted by molar-refractivity contribution is 0.741. The van der Waals surface area contributed by atoms with E-state index in [2.05, 4.69) is 42.8 Å². The first-order chi connectivity index (χ1) is 5.66. The van der Waals surface area contributed by atoms with Crippen LogP contribution in [0.2, 0.25) is 0 Å². The third-order valence-electron chi connectivity index (χ3n) is 1.46. The number of halogens is 1. The maximum atomic E-state index is 4.18. The normalized spacial score (nSPS) is 10.9. The smallest absolute Gasteiger partial charge is 0.214 e. The first-order valence-electron chi connectivity index (χ1n) is 3.40. The number of aromatic nitrogens is 5. The van der Waals surface area contributed by atoms with Crippen molar-refractivity contribution in [2.75, 3.05) is 0 Å². The average molecular weight is 275 g/mol. The largest absolute Gasteiger partial charge is 0.233 e. The van der Waals surface area contributed by atoms with Gasteiger partial charge in [0, 0.05) is 22.6 Å². The minimum absolute atomic E-state index is 0.690. The molecule has 6 heteroatoms. The minimum Gasteiger partial charge on any atom is -0.233 e. The van der Waals surface area contributed by atoms with Gasteiger partial charge < -0.3 is 0 Å². The molecule has 0 fully saturated rings. The molecule has 2 aromatic heterocycles. The summed E-state index contributed by atoms with van der Waals surface area (Å²) in [5.74, 6) is 0.710. The fraction of sp³-hybridized carbons (Fsp3) is 0.333. The van der Waals surface area contributed by atoms with Gasteiger partial charge in [-0.25, -0.2) is 4.98 Å². The summed E-state index contributed by atoms with van der Waals surface area (Å²) < 4.78 is 2.20. The molecule has 0 radical (unpaired) electrons. The summed E-state index contributed by atoms with van der Waals surface area (Å²) in [5, 5.41) is 8.16. The molecule has 0 saturated carbocycles. The van der Waals surface area contributed by atoms with E-state index in [0.29, 0.717) is 9.66 Å². The highest BCUT2D eigenvalue weighted by molar-refractivity contribution is 14.1. The highest BCUT2D eigenvalue weighted by Gasteiger charge is 2.05. The Morgan fingerprint density at radius 1 is 1.17 bits per heavy atom. The molecule has 2 rings (SSSR count). The highest BCUT2D eigenvalue weighted by Crippen LogP contribution is 2.05. The van der Waals surface area contributed by atoms with Crippen molar-refractivity contribution in [1.29, 1.82) is 0 Å². The summed E-state index contributed by atoms with van der Waals surface area (Å²) in [6, 6.07) is 0. The maximum Gasteiger partial charge on any atom is 0.214 e. The molecule has 0 spiro atoms. The van der Waals surface area contributed by atoms with Crippen molar-refractivity contribution < 1.29 is 0 Å². The predicted molar refractivity (Wildman–Crippen MR) is 50.8 cm³/mol. The van der Waals surface area contributed by atoms with Gasteiger partial charge in [-0.2, -0.15) is 4.98 Å². The second-order valence-electron chi connectivity index (χ2n) is 2.44. The summed E-state index contributed by atoms with van der Waals surface area (Å²) in [4.78, 5) is 8.34. The number of rotatable bonds is 0. The molecule has 0 aliphatic carbocycles. The monoisotopic (exact) mass is 275 g/mol. The molecule has 5 nitrogen and oxygen atoms in total. The van der Waals surface area contributed by atoms with E-state index in [1.165, 1.54) is 4.63 Å². The van der Waals surface area contributed by atoms with Crippen molar-refractivity contribution in [2.45, 2.75) is 13.8 Å². The number of hydrogen-bond acceptors (Lipinski definition) is 4. The Hall–Kier alpha value is -0.790. The van der Waals surface area contributed by atoms with E-state index in [0.717, 1.165) is 11.3 Å². The SMILES string of the molecule is Cc1nc(C)c2nc(I)nn2n1. The molecule has 0 atom stereocenters. The van der Waals surface area contributed by atoms with Crippen molar-refractivity contribution in [3.05, 3.63) is 15.3 Å². The lowest BCUT2D eigenvalue weighted by Gasteiger charge is -1.94. The standard InChI is InChI=1S/C6H6IN5/c1-3-5-9-6(7)11-12(5)10-4(2)8-3/h1-2H3. The summed E-state index contributed by atoms with van der Waals surface area (Å²) >= 11 is 2.05. The van der Waals surface area contributed by atoms with Crippen LogP contribution in [-0.2, 0) is 0 Å². The number of hydrogen-bond donors (Lipinski definition) is 0. The van der Waals surface area contributed by atoms with E-state index >= 15 is 0 Å². The second kappa shape index (κ2) is 2.61. The first kappa shape index (κ1) is 7.84. The van der Waals surface area contributed by atoms with Crippen LogP contribution in [0.4, 0.5) is 0 Å². The molecular weight excluding hydrogens is 269 g/mol. The fourth-order valence-electron chi connectivity index (χ4n) is 1.03. The lowest BCUT2D eigenvalue weighted by Crippen LogP contribution is -2.01. The second-order valence-corrected chi connectivity index (χ2v) is 3.40. The first-order valence-corrected chi connectivity index (χ1v) is 4.48. The molecular formula is C6H6IN5. The summed E-state index contributed by atoms with van der Waals surface area (Å²) in [7, 11) is 0. The zero-order valence-corrected chi connectivity index (χ0v) is 8.77. The summed E-state index contributed by atoms with van der Waals surface area (Å²) in [6.07, 6.45) is 0. The van der Waals surface area contributed by atoms with E-state index < -0.39 is 0 Å². The number of aryl methyl sites for hydroxylation is 2. The molecule has 12 heavy (non-hydrogen) atoms. The van der Waals surface area contributed by atoms with Gasteiger partial charge in [-0.3, -0.25) is 0 Å². The zero-order valence-electron chi connectivity index (χ0n) is 6.61. The van der Waals surface area contributed by atoms with Gasteiger partial charge in [0.15, 0.2) is 5.65 Å². The molecule has 0 aromatic carbocycles. The van der Waals surface area contributed by atoms with Crippen LogP contribution in [-0.4, -0.2) is 24.8 Å². The molecule has 0 aliphatic rings. The van der Waals surface area contributed by atoms with Crippen molar-refractivity contribution in [2.24, 2.45) is 0 Å². The van der Waals surface area contributed by atoms with Crippen LogP contribution in [0.5, 0.6) is 0 Å². The maximum absolute atomic E-state index is 4.18. The quantitative estimate of drug-likeness (QED) is 0.665. The third-order valence-corrected chi connectivity index (χ3v) is 1.91. The van der Waals surface area contributed by atoms with Crippen LogP contribution in [0.3, 0.4) is 0 Å². The highest BCUT2D eigenvalue weighted by atomic mass is 127. The Morgan fingerprint density at radius 3 is 2.67 bits per heavy atom. The molecule has 0 bridgehead atoms. The van der Waals surface area contributed by atoms with Crippen molar-refractivity contribution in [3.63, 3.8) is 0 Å². The van der Waals surface area contributed by atoms with Gasteiger partial charge in [-0.15, -0.1) is 14.8 Å². The van der Waals surface area contributed by atoms with Crippen LogP contribution < -0.4 is 0 Å². The predicted octanol–water partition coefficient (Wildman–Crippen LogP) is 0.741. The van der Waals surface area contributed by atoms with Crippen LogP contribution in [0.1, 0.15) is 11.5 Å². The Bertz CT molecular complexity index is 435.